The molecule has 0 atom stereocenters. The van der Waals surface area contributed by atoms with Crippen molar-refractivity contribution in [2.45, 2.75) is 39.5 Å². The number of rotatable bonds is 7. The molecule has 0 unspecified atom stereocenters. The summed E-state index contributed by atoms with van der Waals surface area (Å²) in [5.41, 5.74) is 13.1. The second-order valence-corrected chi connectivity index (χ2v) is 12.3. The Morgan fingerprint density at radius 1 is 0.812 bits per heavy atom. The fourth-order valence-corrected chi connectivity index (χ4v) is 6.47. The monoisotopic (exact) mass is 626 g/mol. The maximum atomic E-state index is 5.30. The van der Waals surface area contributed by atoms with Crippen molar-refractivity contribution in [3.63, 3.8) is 0 Å². The molecule has 238 valence electrons. The highest BCUT2D eigenvalue weighted by molar-refractivity contribution is 6.13. The highest BCUT2D eigenvalue weighted by Gasteiger charge is 2.18. The quantitative estimate of drug-likeness (QED) is 0.144. The molecule has 1 fully saturated rings. The van der Waals surface area contributed by atoms with E-state index in [0.29, 0.717) is 0 Å². The van der Waals surface area contributed by atoms with E-state index in [9.17, 15) is 0 Å². The lowest BCUT2D eigenvalue weighted by atomic mass is 9.93. The molecule has 3 aromatic carbocycles. The Bertz CT molecular complexity index is 2140. The summed E-state index contributed by atoms with van der Waals surface area (Å²) in [6.45, 7) is 4.86. The summed E-state index contributed by atoms with van der Waals surface area (Å²) in [4.78, 5) is 14.8. The van der Waals surface area contributed by atoms with Crippen molar-refractivity contribution in [3.05, 3.63) is 144 Å². The van der Waals surface area contributed by atoms with Crippen LogP contribution in [0.5, 0.6) is 0 Å². The van der Waals surface area contributed by atoms with E-state index in [-0.39, 0.29) is 0 Å². The largest absolute Gasteiger partial charge is 0.381 e. The van der Waals surface area contributed by atoms with E-state index in [1.807, 2.05) is 27.1 Å². The van der Waals surface area contributed by atoms with Gasteiger partial charge in [0.1, 0.15) is 0 Å². The molecule has 1 N–H and O–H groups in total. The lowest BCUT2D eigenvalue weighted by Gasteiger charge is -2.16. The highest BCUT2D eigenvalue weighted by Crippen LogP contribution is 2.38. The number of dihydropyridines is 1. The van der Waals surface area contributed by atoms with Gasteiger partial charge < -0.3 is 5.32 Å². The van der Waals surface area contributed by atoms with Gasteiger partial charge in [0.15, 0.2) is 0 Å². The summed E-state index contributed by atoms with van der Waals surface area (Å²) >= 11 is 0. The van der Waals surface area contributed by atoms with Gasteiger partial charge in [-0.25, -0.2) is 4.98 Å². The molecular weight excluding hydrogens is 585 g/mol. The molecular formula is C44H42N4. The van der Waals surface area contributed by atoms with E-state index in [0.717, 1.165) is 92.0 Å². The van der Waals surface area contributed by atoms with E-state index in [1.165, 1.54) is 24.0 Å². The summed E-state index contributed by atoms with van der Waals surface area (Å²) in [5.74, 6) is 0.721. The van der Waals surface area contributed by atoms with Crippen molar-refractivity contribution in [2.75, 3.05) is 13.6 Å². The number of allylic oxidation sites excluding steroid dienone is 8. The van der Waals surface area contributed by atoms with Gasteiger partial charge in [-0.2, -0.15) is 0 Å². The maximum absolute atomic E-state index is 5.30. The van der Waals surface area contributed by atoms with E-state index in [2.05, 4.69) is 132 Å². The average molecular weight is 627 g/mol. The molecule has 5 aromatic rings. The highest BCUT2D eigenvalue weighted by atomic mass is 14.9. The number of hydrogen-bond acceptors (Lipinski definition) is 4. The van der Waals surface area contributed by atoms with Gasteiger partial charge in [0.25, 0.3) is 0 Å². The number of hydrogen-bond donors (Lipinski definition) is 1. The molecule has 3 aliphatic rings. The third-order valence-electron chi connectivity index (χ3n) is 9.18. The van der Waals surface area contributed by atoms with E-state index < -0.39 is 0 Å². The van der Waals surface area contributed by atoms with Crippen LogP contribution in [0.1, 0.15) is 56.4 Å². The van der Waals surface area contributed by atoms with Gasteiger partial charge in [0, 0.05) is 36.3 Å². The SMILES string of the molecule is CC.CN=C(/C=C\C1CC1)c1ccc(-c2cc(C3=CCCC=C3)nc3c2ccc2c(-c4ccc(C5=CC=CCN5)cc4)ccnc23)cc1. The topological polar surface area (TPSA) is 50.2 Å². The van der Waals surface area contributed by atoms with Crippen molar-refractivity contribution in [1.29, 1.82) is 0 Å². The Morgan fingerprint density at radius 2 is 1.54 bits per heavy atom. The van der Waals surface area contributed by atoms with Crippen molar-refractivity contribution < 1.29 is 0 Å². The molecule has 0 radical (unpaired) electrons. The Kier molecular flexibility index (Phi) is 9.24. The number of fused-ring (bicyclic) bond motifs is 3. The van der Waals surface area contributed by atoms with Crippen LogP contribution in [-0.2, 0) is 0 Å². The lowest BCUT2D eigenvalue weighted by molar-refractivity contribution is 0.996. The minimum absolute atomic E-state index is 0.721. The van der Waals surface area contributed by atoms with Crippen molar-refractivity contribution in [1.82, 2.24) is 15.3 Å². The second-order valence-electron chi connectivity index (χ2n) is 12.3. The first-order valence-electron chi connectivity index (χ1n) is 17.3. The van der Waals surface area contributed by atoms with Gasteiger partial charge in [-0.15, -0.1) is 0 Å². The minimum atomic E-state index is 0.721. The van der Waals surface area contributed by atoms with Gasteiger partial charge in [-0.3, -0.25) is 9.98 Å². The first-order chi connectivity index (χ1) is 23.7. The Labute approximate surface area is 284 Å². The van der Waals surface area contributed by atoms with Crippen LogP contribution in [0.25, 0.3) is 55.3 Å². The zero-order valence-electron chi connectivity index (χ0n) is 28.1. The molecule has 0 spiro atoms. The van der Waals surface area contributed by atoms with Crippen LogP contribution in [0.4, 0.5) is 0 Å². The summed E-state index contributed by atoms with van der Waals surface area (Å²) in [5, 5.41) is 5.66. The molecule has 2 aliphatic carbocycles. The normalized spacial score (nSPS) is 16.0. The van der Waals surface area contributed by atoms with Crippen LogP contribution in [0.15, 0.2) is 133 Å². The maximum Gasteiger partial charge on any atom is 0.0978 e. The van der Waals surface area contributed by atoms with Gasteiger partial charge in [0.05, 0.1) is 22.4 Å². The van der Waals surface area contributed by atoms with Crippen LogP contribution in [0.3, 0.4) is 0 Å². The molecule has 1 saturated carbocycles. The lowest BCUT2D eigenvalue weighted by Crippen LogP contribution is -2.14. The van der Waals surface area contributed by atoms with Crippen molar-refractivity contribution >= 4 is 38.8 Å². The number of pyridine rings is 2. The summed E-state index contributed by atoms with van der Waals surface area (Å²) in [6.07, 6.45) is 24.2. The van der Waals surface area contributed by atoms with E-state index in [4.69, 9.17) is 9.97 Å². The molecule has 2 aromatic heterocycles. The van der Waals surface area contributed by atoms with Gasteiger partial charge in [-0.05, 0) is 94.8 Å². The average Bonchev–Trinajstić information content (AvgIpc) is 4.01. The van der Waals surface area contributed by atoms with Crippen molar-refractivity contribution in [2.24, 2.45) is 10.9 Å². The predicted octanol–water partition coefficient (Wildman–Crippen LogP) is 10.8. The standard InChI is InChI=1S/C42H36N4.C2H6/c1-43-38(23-12-28-10-11-28)32-17-15-30(16-18-32)37-27-40(31-7-3-2-4-8-31)46-42-36(37)22-21-35-34(24-26-45-41(35)42)29-13-19-33(20-14-29)39-9-5-6-25-44-39;1-2/h3,5-9,12-24,26-28,44H,2,4,10-11,25H2,1H3;1-2H3/b23-12-,43-38?;. The number of nitrogens with zero attached hydrogens (tertiary/aromatic N) is 3. The molecule has 0 saturated heterocycles. The third-order valence-corrected chi connectivity index (χ3v) is 9.18. The molecule has 4 heteroatoms. The van der Waals surface area contributed by atoms with Crippen LogP contribution in [-0.4, -0.2) is 29.3 Å². The molecule has 4 nitrogen and oxygen atoms in total. The fraction of sp³-hybridized carbons (Fsp3) is 0.205. The number of aliphatic imine (C=N–C) groups is 1. The van der Waals surface area contributed by atoms with E-state index >= 15 is 0 Å². The van der Waals surface area contributed by atoms with Crippen LogP contribution in [0, 0.1) is 5.92 Å². The molecule has 0 amide bonds. The van der Waals surface area contributed by atoms with E-state index in [1.54, 1.807) is 0 Å². The van der Waals surface area contributed by atoms with Gasteiger partial charge >= 0.3 is 0 Å². The first kappa shape index (κ1) is 31.3. The summed E-state index contributed by atoms with van der Waals surface area (Å²) < 4.78 is 0. The summed E-state index contributed by atoms with van der Waals surface area (Å²) in [6, 6.07) is 26.4. The molecule has 1 aliphatic heterocycles. The van der Waals surface area contributed by atoms with Crippen LogP contribution >= 0.6 is 0 Å². The molecule has 8 rings (SSSR count). The second kappa shape index (κ2) is 14.2. The number of nitrogens with one attached hydrogen (secondary N) is 1. The van der Waals surface area contributed by atoms with Crippen molar-refractivity contribution in [3.8, 4) is 22.3 Å². The predicted molar refractivity (Wildman–Crippen MR) is 205 cm³/mol. The van der Waals surface area contributed by atoms with Crippen LogP contribution < -0.4 is 5.32 Å². The Balaban J connectivity index is 0.00000179. The minimum Gasteiger partial charge on any atom is -0.381 e. The number of benzene rings is 3. The van der Waals surface area contributed by atoms with Gasteiger partial charge in [-0.1, -0.05) is 111 Å². The molecule has 48 heavy (non-hydrogen) atoms. The smallest absolute Gasteiger partial charge is 0.0978 e. The third kappa shape index (κ3) is 6.44. The Hall–Kier alpha value is -5.35. The molecule has 3 heterocycles. The Morgan fingerprint density at radius 3 is 2.23 bits per heavy atom. The zero-order valence-corrected chi connectivity index (χ0v) is 28.1. The summed E-state index contributed by atoms with van der Waals surface area (Å²) in [7, 11) is 1.87. The van der Waals surface area contributed by atoms with Gasteiger partial charge in [0.2, 0.25) is 0 Å². The fourth-order valence-electron chi connectivity index (χ4n) is 6.47. The zero-order chi connectivity index (χ0) is 32.9. The number of aromatic nitrogens is 2. The van der Waals surface area contributed by atoms with Crippen LogP contribution in [0.2, 0.25) is 0 Å². The molecule has 0 bridgehead atoms. The first-order valence-corrected chi connectivity index (χ1v) is 17.3.